The van der Waals surface area contributed by atoms with E-state index in [0.29, 0.717) is 26.4 Å². The van der Waals surface area contributed by atoms with Gasteiger partial charge in [-0.3, -0.25) is 4.90 Å². The quantitative estimate of drug-likeness (QED) is 0.535. The number of piperidine rings is 1. The molecule has 2 aliphatic heterocycles. The van der Waals surface area contributed by atoms with Crippen LogP contribution in [0.4, 0.5) is 0 Å². The maximum absolute atomic E-state index is 11.3. The van der Waals surface area contributed by atoms with Crippen molar-refractivity contribution in [1.82, 2.24) is 4.90 Å². The third kappa shape index (κ3) is 5.57. The Balaban J connectivity index is 0.00000242. The number of hydrogen-bond acceptors (Lipinski definition) is 7. The van der Waals surface area contributed by atoms with Crippen LogP contribution >= 0.6 is 12.4 Å². The maximum Gasteiger partial charge on any atom is 0.331 e. The van der Waals surface area contributed by atoms with Gasteiger partial charge in [-0.25, -0.2) is 9.59 Å². The Hall–Kier alpha value is -1.15. The van der Waals surface area contributed by atoms with Crippen LogP contribution in [0.3, 0.4) is 0 Å². The Morgan fingerprint density at radius 1 is 1.14 bits per heavy atom. The molecule has 8 heteroatoms. The van der Waals surface area contributed by atoms with Crippen molar-refractivity contribution in [2.45, 2.75) is 18.6 Å². The summed E-state index contributed by atoms with van der Waals surface area (Å²) in [5.74, 6) is -1.50. The highest BCUT2D eigenvalue weighted by atomic mass is 35.5. The first-order valence-corrected chi connectivity index (χ1v) is 7.07. The lowest BCUT2D eigenvalue weighted by atomic mass is 10.0. The zero-order chi connectivity index (χ0) is 15.1. The molecule has 0 unspecified atom stereocenters. The summed E-state index contributed by atoms with van der Waals surface area (Å²) < 4.78 is 20.7. The molecule has 0 radical (unpaired) electrons. The van der Waals surface area contributed by atoms with Crippen LogP contribution in [0.2, 0.25) is 0 Å². The van der Waals surface area contributed by atoms with Gasteiger partial charge in [0.05, 0.1) is 20.3 Å². The van der Waals surface area contributed by atoms with Crippen LogP contribution in [0.1, 0.15) is 12.8 Å². The highest BCUT2D eigenvalue weighted by molar-refractivity contribution is 5.91. The molecular weight excluding hydrogens is 314 g/mol. The van der Waals surface area contributed by atoms with Gasteiger partial charge in [0.2, 0.25) is 0 Å². The highest BCUT2D eigenvalue weighted by Crippen LogP contribution is 2.30. The summed E-state index contributed by atoms with van der Waals surface area (Å²) >= 11 is 0. The summed E-state index contributed by atoms with van der Waals surface area (Å²) in [6.07, 6.45) is 3.78. The Labute approximate surface area is 135 Å². The SMILES string of the molecule is COC(=O)/C=C/C(=O)OCCN1CCC2(CC1)OCCO2.Cl. The lowest BCUT2D eigenvalue weighted by Crippen LogP contribution is -2.46. The van der Waals surface area contributed by atoms with Gasteiger partial charge in [0.1, 0.15) is 6.61 Å². The number of methoxy groups -OCH3 is 1. The molecule has 1 spiro atoms. The molecular formula is C14H22ClNO6. The van der Waals surface area contributed by atoms with Crippen LogP contribution in [0, 0.1) is 0 Å². The standard InChI is InChI=1S/C14H21NO6.ClH/c1-18-12(16)2-3-13(17)19-9-8-15-6-4-14(5-7-15)20-10-11-21-14;/h2-3H,4-11H2,1H3;1H/b3-2+;. The number of esters is 2. The predicted molar refractivity (Wildman–Crippen MR) is 79.7 cm³/mol. The predicted octanol–water partition coefficient (Wildman–Crippen LogP) is 0.519. The average Bonchev–Trinajstić information content (AvgIpc) is 2.95. The first-order chi connectivity index (χ1) is 10.1. The van der Waals surface area contributed by atoms with E-state index in [1.54, 1.807) is 0 Å². The van der Waals surface area contributed by atoms with Crippen molar-refractivity contribution in [2.24, 2.45) is 0 Å². The molecule has 7 nitrogen and oxygen atoms in total. The van der Waals surface area contributed by atoms with Gasteiger partial charge in [-0.05, 0) is 0 Å². The molecule has 126 valence electrons. The Kier molecular flexibility index (Phi) is 7.81. The van der Waals surface area contributed by atoms with Gasteiger partial charge in [0, 0.05) is 44.6 Å². The first-order valence-electron chi connectivity index (χ1n) is 7.07. The van der Waals surface area contributed by atoms with Crippen molar-refractivity contribution in [3.63, 3.8) is 0 Å². The summed E-state index contributed by atoms with van der Waals surface area (Å²) in [5, 5.41) is 0. The number of rotatable bonds is 5. The van der Waals surface area contributed by atoms with E-state index in [1.807, 2.05) is 0 Å². The summed E-state index contributed by atoms with van der Waals surface area (Å²) in [7, 11) is 1.25. The zero-order valence-corrected chi connectivity index (χ0v) is 13.4. The van der Waals surface area contributed by atoms with Crippen molar-refractivity contribution < 1.29 is 28.5 Å². The second-order valence-electron chi connectivity index (χ2n) is 4.97. The monoisotopic (exact) mass is 335 g/mol. The van der Waals surface area contributed by atoms with Gasteiger partial charge < -0.3 is 18.9 Å². The fourth-order valence-electron chi connectivity index (χ4n) is 2.43. The van der Waals surface area contributed by atoms with E-state index in [2.05, 4.69) is 9.64 Å². The van der Waals surface area contributed by atoms with Crippen molar-refractivity contribution in [3.8, 4) is 0 Å². The minimum Gasteiger partial charge on any atom is -0.466 e. The minimum atomic E-state index is -0.579. The molecule has 0 aromatic carbocycles. The topological polar surface area (TPSA) is 74.3 Å². The number of nitrogens with zero attached hydrogens (tertiary/aromatic N) is 1. The third-order valence-corrected chi connectivity index (χ3v) is 3.64. The molecule has 22 heavy (non-hydrogen) atoms. The van der Waals surface area contributed by atoms with Crippen LogP contribution in [0.5, 0.6) is 0 Å². The molecule has 0 aromatic heterocycles. The minimum absolute atomic E-state index is 0. The fraction of sp³-hybridized carbons (Fsp3) is 0.714. The van der Waals surface area contributed by atoms with Gasteiger partial charge in [-0.2, -0.15) is 0 Å². The Morgan fingerprint density at radius 3 is 2.32 bits per heavy atom. The fourth-order valence-corrected chi connectivity index (χ4v) is 2.43. The highest BCUT2D eigenvalue weighted by Gasteiger charge is 2.39. The van der Waals surface area contributed by atoms with Gasteiger partial charge in [-0.1, -0.05) is 0 Å². The molecule has 0 atom stereocenters. The molecule has 0 amide bonds. The normalized spacial score (nSPS) is 20.8. The van der Waals surface area contributed by atoms with Crippen molar-refractivity contribution in [3.05, 3.63) is 12.2 Å². The molecule has 2 heterocycles. The first kappa shape index (κ1) is 18.9. The van der Waals surface area contributed by atoms with Crippen LogP contribution in [-0.4, -0.2) is 69.2 Å². The molecule has 0 aliphatic carbocycles. The van der Waals surface area contributed by atoms with Gasteiger partial charge in [0.15, 0.2) is 5.79 Å². The van der Waals surface area contributed by atoms with Gasteiger partial charge >= 0.3 is 11.9 Å². The van der Waals surface area contributed by atoms with Crippen LogP contribution < -0.4 is 0 Å². The van der Waals surface area contributed by atoms with Crippen LogP contribution in [0.15, 0.2) is 12.2 Å². The van der Waals surface area contributed by atoms with Crippen LogP contribution in [0.25, 0.3) is 0 Å². The number of ether oxygens (including phenoxy) is 4. The van der Waals surface area contributed by atoms with Crippen molar-refractivity contribution >= 4 is 24.3 Å². The van der Waals surface area contributed by atoms with E-state index in [4.69, 9.17) is 14.2 Å². The van der Waals surface area contributed by atoms with Gasteiger partial charge in [-0.15, -0.1) is 12.4 Å². The lowest BCUT2D eigenvalue weighted by molar-refractivity contribution is -0.186. The number of halogens is 1. The number of carbonyl (C=O) groups is 2. The molecule has 0 aromatic rings. The smallest absolute Gasteiger partial charge is 0.331 e. The maximum atomic E-state index is 11.3. The second kappa shape index (κ2) is 9.09. The van der Waals surface area contributed by atoms with E-state index >= 15 is 0 Å². The summed E-state index contributed by atoms with van der Waals surface area (Å²) in [6, 6.07) is 0. The summed E-state index contributed by atoms with van der Waals surface area (Å²) in [5.41, 5.74) is 0. The largest absolute Gasteiger partial charge is 0.466 e. The molecule has 2 aliphatic rings. The molecule has 2 rings (SSSR count). The summed E-state index contributed by atoms with van der Waals surface area (Å²) in [6.45, 7) is 4.01. The van der Waals surface area contributed by atoms with Gasteiger partial charge in [0.25, 0.3) is 0 Å². The molecule has 2 saturated heterocycles. The second-order valence-corrected chi connectivity index (χ2v) is 4.97. The summed E-state index contributed by atoms with van der Waals surface area (Å²) in [4.78, 5) is 24.3. The van der Waals surface area contributed by atoms with E-state index in [0.717, 1.165) is 38.1 Å². The zero-order valence-electron chi connectivity index (χ0n) is 12.6. The number of carbonyl (C=O) groups excluding carboxylic acids is 2. The molecule has 2 fully saturated rings. The van der Waals surface area contributed by atoms with Crippen LogP contribution in [-0.2, 0) is 28.5 Å². The molecule has 0 saturated carbocycles. The third-order valence-electron chi connectivity index (χ3n) is 3.64. The lowest BCUT2D eigenvalue weighted by Gasteiger charge is -2.37. The van der Waals surface area contributed by atoms with E-state index in [1.165, 1.54) is 7.11 Å². The molecule has 0 bridgehead atoms. The van der Waals surface area contributed by atoms with Crippen molar-refractivity contribution in [1.29, 1.82) is 0 Å². The van der Waals surface area contributed by atoms with E-state index in [-0.39, 0.29) is 18.2 Å². The Bertz CT molecular complexity index is 398. The van der Waals surface area contributed by atoms with Crippen molar-refractivity contribution in [2.75, 3.05) is 46.6 Å². The van der Waals surface area contributed by atoms with E-state index < -0.39 is 11.9 Å². The number of likely N-dealkylation sites (tertiary alicyclic amines) is 1. The Morgan fingerprint density at radius 2 is 1.73 bits per heavy atom. The van der Waals surface area contributed by atoms with E-state index in [9.17, 15) is 9.59 Å². The molecule has 0 N–H and O–H groups in total. The average molecular weight is 336 g/mol. The number of hydrogen-bond donors (Lipinski definition) is 0.